The molecule has 3 aromatic carbocycles. The molecule has 0 atom stereocenters. The van der Waals surface area contributed by atoms with E-state index in [0.29, 0.717) is 11.3 Å². The molecule has 13 heteroatoms. The van der Waals surface area contributed by atoms with Crippen molar-refractivity contribution < 1.29 is 22.7 Å². The summed E-state index contributed by atoms with van der Waals surface area (Å²) in [5.74, 6) is 0.595. The first-order valence-electron chi connectivity index (χ1n) is 14.5. The van der Waals surface area contributed by atoms with Gasteiger partial charge >= 0.3 is 0 Å². The Morgan fingerprint density at radius 1 is 0.957 bits per heavy atom. The number of rotatable bonds is 9. The van der Waals surface area contributed by atoms with Crippen LogP contribution in [0.3, 0.4) is 0 Å². The summed E-state index contributed by atoms with van der Waals surface area (Å²) in [4.78, 5) is 13.6. The molecule has 0 saturated heterocycles. The Balaban J connectivity index is 1.42. The molecule has 0 aliphatic carbocycles. The van der Waals surface area contributed by atoms with E-state index < -0.39 is 10.0 Å². The van der Waals surface area contributed by atoms with Gasteiger partial charge in [-0.05, 0) is 78.9 Å². The molecule has 2 heterocycles. The molecule has 46 heavy (non-hydrogen) atoms. The zero-order chi connectivity index (χ0) is 33.4. The van der Waals surface area contributed by atoms with Gasteiger partial charge in [0.1, 0.15) is 5.75 Å². The highest BCUT2D eigenvalue weighted by atomic mass is 32.2. The number of nitrogens with zero attached hydrogens (tertiary/aromatic N) is 3. The number of amides is 1. The molecule has 0 saturated carbocycles. The van der Waals surface area contributed by atoms with Gasteiger partial charge in [-0.1, -0.05) is 26.8 Å². The smallest absolute Gasteiger partial charge is 0.255 e. The number of aryl methyl sites for hydroxylation is 1. The average Bonchev–Trinajstić information content (AvgIpc) is 3.62. The standard InChI is InChI=1S/C33H39N7O5S/c1-20-9-10-22(32(41)35-27-16-23(33(3,4)5)17-28(31(27)45-7)37-46(8,42)43)15-30(20)39-19-29(36-38-39)26-18-34-40(21(26)2)24-11-13-25(44-6)14-12-24/h9-19,36-38H,1-8H3,(H,35,41). The SMILES string of the molecule is COc1ccc(-n2ncc(C3=CN(c4cc(C(=O)Nc5cc(C(C)(C)C)cc(NS(C)(=O)=O)c5OC)ccc4C)NN3)c2C)cc1. The van der Waals surface area contributed by atoms with Gasteiger partial charge in [-0.3, -0.25) is 14.5 Å². The molecule has 5 rings (SSSR count). The zero-order valence-corrected chi connectivity index (χ0v) is 28.0. The van der Waals surface area contributed by atoms with Crippen LogP contribution in [0.15, 0.2) is 67.0 Å². The largest absolute Gasteiger partial charge is 0.497 e. The molecule has 1 aromatic heterocycles. The summed E-state index contributed by atoms with van der Waals surface area (Å²) in [7, 11) is -0.549. The van der Waals surface area contributed by atoms with Crippen LogP contribution in [0.2, 0.25) is 0 Å². The number of hydrazine groups is 2. The fraction of sp³-hybridized carbons (Fsp3) is 0.273. The first kappa shape index (κ1) is 32.4. The van der Waals surface area contributed by atoms with Gasteiger partial charge in [0.25, 0.3) is 5.91 Å². The summed E-state index contributed by atoms with van der Waals surface area (Å²) in [6.45, 7) is 9.95. The van der Waals surface area contributed by atoms with Crippen molar-refractivity contribution in [1.82, 2.24) is 20.7 Å². The van der Waals surface area contributed by atoms with Gasteiger partial charge in [0.2, 0.25) is 10.0 Å². The molecule has 0 bridgehead atoms. The molecule has 1 aliphatic heterocycles. The molecule has 242 valence electrons. The first-order chi connectivity index (χ1) is 21.7. The first-order valence-corrected chi connectivity index (χ1v) is 16.4. The van der Waals surface area contributed by atoms with Crippen LogP contribution in [-0.4, -0.2) is 44.6 Å². The number of hydrogen-bond acceptors (Lipinski definition) is 9. The van der Waals surface area contributed by atoms with Gasteiger partial charge in [0, 0.05) is 17.3 Å². The fourth-order valence-electron chi connectivity index (χ4n) is 5.09. The monoisotopic (exact) mass is 645 g/mol. The van der Waals surface area contributed by atoms with Crippen molar-refractivity contribution in [3.05, 3.63) is 94.9 Å². The zero-order valence-electron chi connectivity index (χ0n) is 27.1. The molecule has 0 spiro atoms. The van der Waals surface area contributed by atoms with E-state index in [-0.39, 0.29) is 22.8 Å². The second-order valence-electron chi connectivity index (χ2n) is 12.1. The summed E-state index contributed by atoms with van der Waals surface area (Å²) in [5, 5.41) is 9.33. The topological polar surface area (TPSA) is 139 Å². The predicted molar refractivity (Wildman–Crippen MR) is 181 cm³/mol. The summed E-state index contributed by atoms with van der Waals surface area (Å²) >= 11 is 0. The molecular formula is C33H39N7O5S. The lowest BCUT2D eigenvalue weighted by molar-refractivity contribution is 0.102. The van der Waals surface area contributed by atoms with Crippen LogP contribution >= 0.6 is 0 Å². The molecule has 0 unspecified atom stereocenters. The Hall–Kier alpha value is -5.01. The number of ether oxygens (including phenoxy) is 2. The van der Waals surface area contributed by atoms with E-state index in [4.69, 9.17) is 9.47 Å². The van der Waals surface area contributed by atoms with Gasteiger partial charge in [0.05, 0.1) is 60.8 Å². The molecular weight excluding hydrogens is 606 g/mol. The number of sulfonamides is 1. The third-order valence-corrected chi connectivity index (χ3v) is 8.21. The molecule has 4 aromatic rings. The maximum atomic E-state index is 13.6. The fourth-order valence-corrected chi connectivity index (χ4v) is 5.64. The van der Waals surface area contributed by atoms with E-state index in [2.05, 4.69) is 26.1 Å². The maximum absolute atomic E-state index is 13.6. The summed E-state index contributed by atoms with van der Waals surface area (Å²) in [5.41, 5.74) is 13.1. The number of hydrogen-bond donors (Lipinski definition) is 4. The van der Waals surface area contributed by atoms with Crippen molar-refractivity contribution in [3.63, 3.8) is 0 Å². The van der Waals surface area contributed by atoms with Crippen LogP contribution in [0, 0.1) is 13.8 Å². The predicted octanol–water partition coefficient (Wildman–Crippen LogP) is 5.26. The van der Waals surface area contributed by atoms with Crippen LogP contribution in [-0.2, 0) is 15.4 Å². The highest BCUT2D eigenvalue weighted by molar-refractivity contribution is 7.92. The Bertz CT molecular complexity index is 1930. The molecule has 1 aliphatic rings. The summed E-state index contributed by atoms with van der Waals surface area (Å²) in [6.07, 6.45) is 4.77. The van der Waals surface area contributed by atoms with E-state index in [9.17, 15) is 13.2 Å². The quantitative estimate of drug-likeness (QED) is 0.192. The summed E-state index contributed by atoms with van der Waals surface area (Å²) < 4.78 is 39.4. The van der Waals surface area contributed by atoms with Crippen molar-refractivity contribution in [2.24, 2.45) is 0 Å². The van der Waals surface area contributed by atoms with Gasteiger partial charge in [0.15, 0.2) is 5.75 Å². The second-order valence-corrected chi connectivity index (χ2v) is 13.8. The van der Waals surface area contributed by atoms with Crippen molar-refractivity contribution in [3.8, 4) is 17.2 Å². The lowest BCUT2D eigenvalue weighted by Gasteiger charge is -2.24. The van der Waals surface area contributed by atoms with Crippen molar-refractivity contribution in [2.45, 2.75) is 40.0 Å². The van der Waals surface area contributed by atoms with E-state index in [1.54, 1.807) is 42.6 Å². The Labute approximate surface area is 269 Å². The Kier molecular flexibility index (Phi) is 8.74. The average molecular weight is 646 g/mol. The van der Waals surface area contributed by atoms with Crippen LogP contribution in [0.25, 0.3) is 11.4 Å². The van der Waals surface area contributed by atoms with Gasteiger partial charge in [-0.2, -0.15) is 5.10 Å². The normalized spacial score (nSPS) is 13.2. The molecule has 1 amide bonds. The molecule has 0 fully saturated rings. The number of aromatic nitrogens is 2. The van der Waals surface area contributed by atoms with Crippen LogP contribution in [0.5, 0.6) is 11.5 Å². The summed E-state index contributed by atoms with van der Waals surface area (Å²) in [6, 6.07) is 16.6. The molecule has 0 radical (unpaired) electrons. The number of carbonyl (C=O) groups excluding carboxylic acids is 1. The van der Waals surface area contributed by atoms with Crippen LogP contribution in [0.1, 0.15) is 53.5 Å². The minimum Gasteiger partial charge on any atom is -0.497 e. The molecule has 4 N–H and O–H groups in total. The number of nitrogens with one attached hydrogen (secondary N) is 4. The van der Waals surface area contributed by atoms with Crippen LogP contribution < -0.4 is 35.5 Å². The van der Waals surface area contributed by atoms with Crippen molar-refractivity contribution >= 4 is 38.7 Å². The van der Waals surface area contributed by atoms with Crippen LogP contribution in [0.4, 0.5) is 17.1 Å². The van der Waals surface area contributed by atoms with Gasteiger partial charge in [-0.25, -0.2) is 13.1 Å². The highest BCUT2D eigenvalue weighted by Crippen LogP contribution is 2.39. The lowest BCUT2D eigenvalue weighted by atomic mass is 9.86. The lowest BCUT2D eigenvalue weighted by Crippen LogP contribution is -2.36. The number of methoxy groups -OCH3 is 2. The van der Waals surface area contributed by atoms with E-state index >= 15 is 0 Å². The Morgan fingerprint density at radius 3 is 2.28 bits per heavy atom. The van der Waals surface area contributed by atoms with Crippen molar-refractivity contribution in [1.29, 1.82) is 0 Å². The second kappa shape index (κ2) is 12.4. The number of anilines is 3. The van der Waals surface area contributed by atoms with Gasteiger partial charge < -0.3 is 20.2 Å². The molecule has 12 nitrogen and oxygen atoms in total. The van der Waals surface area contributed by atoms with Crippen molar-refractivity contribution in [2.75, 3.05) is 35.5 Å². The third kappa shape index (κ3) is 6.80. The number of benzene rings is 3. The van der Waals surface area contributed by atoms with Gasteiger partial charge in [-0.15, -0.1) is 5.53 Å². The third-order valence-electron chi connectivity index (χ3n) is 7.62. The van der Waals surface area contributed by atoms with E-state index in [1.807, 2.05) is 75.8 Å². The number of carbonyl (C=O) groups is 1. The minimum absolute atomic E-state index is 0.211. The highest BCUT2D eigenvalue weighted by Gasteiger charge is 2.24. The Morgan fingerprint density at radius 2 is 1.65 bits per heavy atom. The van der Waals surface area contributed by atoms with E-state index in [0.717, 1.165) is 51.5 Å². The minimum atomic E-state index is -3.61. The maximum Gasteiger partial charge on any atom is 0.255 e. The van der Waals surface area contributed by atoms with E-state index in [1.165, 1.54) is 7.11 Å².